The standard InChI is InChI=1S/C21H34O3/c1-8-20(3,4)17-13-16(11-10-12-24-19(22)23-7)14-18(15-17)21(5,6)9-2/h13-15H,8-12H2,1-7H3. The predicted molar refractivity (Wildman–Crippen MR) is 99.8 cm³/mol. The van der Waals surface area contributed by atoms with Crippen LogP contribution < -0.4 is 0 Å². The lowest BCUT2D eigenvalue weighted by molar-refractivity contribution is 0.0719. The van der Waals surface area contributed by atoms with Crippen molar-refractivity contribution in [3.8, 4) is 0 Å². The zero-order valence-corrected chi connectivity index (χ0v) is 16.5. The van der Waals surface area contributed by atoms with Crippen LogP contribution in [-0.2, 0) is 26.7 Å². The van der Waals surface area contributed by atoms with E-state index in [4.69, 9.17) is 4.74 Å². The largest absolute Gasteiger partial charge is 0.507 e. The Kier molecular flexibility index (Phi) is 7.31. The number of carbonyl (C=O) groups excluding carboxylic acids is 1. The average Bonchev–Trinajstić information content (AvgIpc) is 2.58. The van der Waals surface area contributed by atoms with Crippen LogP contribution in [0.4, 0.5) is 4.79 Å². The molecule has 0 saturated heterocycles. The van der Waals surface area contributed by atoms with Crippen molar-refractivity contribution in [3.63, 3.8) is 0 Å². The number of methoxy groups -OCH3 is 1. The van der Waals surface area contributed by atoms with Gasteiger partial charge in [0.1, 0.15) is 0 Å². The van der Waals surface area contributed by atoms with E-state index in [0.29, 0.717) is 6.61 Å². The fourth-order valence-electron chi connectivity index (χ4n) is 2.52. The van der Waals surface area contributed by atoms with Crippen molar-refractivity contribution in [3.05, 3.63) is 34.9 Å². The second-order valence-corrected chi connectivity index (χ2v) is 7.80. The van der Waals surface area contributed by atoms with E-state index in [9.17, 15) is 4.79 Å². The van der Waals surface area contributed by atoms with E-state index in [2.05, 4.69) is 64.5 Å². The first kappa shape index (κ1) is 20.5. The molecule has 24 heavy (non-hydrogen) atoms. The quantitative estimate of drug-likeness (QED) is 0.447. The molecule has 0 bridgehead atoms. The number of ether oxygens (including phenoxy) is 2. The number of carbonyl (C=O) groups is 1. The highest BCUT2D eigenvalue weighted by atomic mass is 16.7. The molecule has 0 radical (unpaired) electrons. The van der Waals surface area contributed by atoms with Crippen LogP contribution in [0.1, 0.15) is 77.5 Å². The van der Waals surface area contributed by atoms with Crippen LogP contribution in [0.15, 0.2) is 18.2 Å². The third-order valence-electron chi connectivity index (χ3n) is 5.32. The highest BCUT2D eigenvalue weighted by Crippen LogP contribution is 2.34. The lowest BCUT2D eigenvalue weighted by Crippen LogP contribution is -2.20. The second-order valence-electron chi connectivity index (χ2n) is 7.80. The summed E-state index contributed by atoms with van der Waals surface area (Å²) in [7, 11) is 1.33. The van der Waals surface area contributed by atoms with Crippen molar-refractivity contribution in [1.29, 1.82) is 0 Å². The fourth-order valence-corrected chi connectivity index (χ4v) is 2.52. The second kappa shape index (κ2) is 8.55. The molecule has 0 aliphatic rings. The Morgan fingerprint density at radius 1 is 0.958 bits per heavy atom. The average molecular weight is 335 g/mol. The first-order chi connectivity index (χ1) is 11.2. The van der Waals surface area contributed by atoms with Gasteiger partial charge in [0.2, 0.25) is 0 Å². The summed E-state index contributed by atoms with van der Waals surface area (Å²) in [6.45, 7) is 14.1. The van der Waals surface area contributed by atoms with Crippen LogP contribution >= 0.6 is 0 Å². The molecular weight excluding hydrogens is 300 g/mol. The minimum atomic E-state index is -0.608. The smallest absolute Gasteiger partial charge is 0.438 e. The summed E-state index contributed by atoms with van der Waals surface area (Å²) in [6.07, 6.45) is 3.31. The van der Waals surface area contributed by atoms with Gasteiger partial charge in [0.15, 0.2) is 0 Å². The van der Waals surface area contributed by atoms with E-state index in [0.717, 1.165) is 25.7 Å². The topological polar surface area (TPSA) is 35.5 Å². The molecule has 1 rings (SSSR count). The Balaban J connectivity index is 3.00. The van der Waals surface area contributed by atoms with Gasteiger partial charge in [0.05, 0.1) is 13.7 Å². The molecule has 1 aromatic rings. The molecule has 0 N–H and O–H groups in total. The number of hydrogen-bond acceptors (Lipinski definition) is 3. The molecule has 3 heteroatoms. The third-order valence-corrected chi connectivity index (χ3v) is 5.32. The minimum absolute atomic E-state index is 0.164. The molecule has 0 aliphatic heterocycles. The molecule has 0 unspecified atom stereocenters. The Labute approximate surface area is 147 Å². The summed E-state index contributed by atoms with van der Waals surface area (Å²) in [5.41, 5.74) is 4.44. The number of aryl methyl sites for hydroxylation is 1. The molecule has 0 heterocycles. The van der Waals surface area contributed by atoms with Gasteiger partial charge in [-0.05, 0) is 53.2 Å². The van der Waals surface area contributed by atoms with Gasteiger partial charge in [-0.15, -0.1) is 0 Å². The zero-order valence-electron chi connectivity index (χ0n) is 16.5. The summed E-state index contributed by atoms with van der Waals surface area (Å²) < 4.78 is 9.49. The van der Waals surface area contributed by atoms with E-state index < -0.39 is 6.16 Å². The van der Waals surface area contributed by atoms with Crippen molar-refractivity contribution in [1.82, 2.24) is 0 Å². The van der Waals surface area contributed by atoms with Crippen LogP contribution in [0.5, 0.6) is 0 Å². The van der Waals surface area contributed by atoms with Crippen molar-refractivity contribution in [2.75, 3.05) is 13.7 Å². The lowest BCUT2D eigenvalue weighted by atomic mass is 9.75. The Hall–Kier alpha value is -1.51. The highest BCUT2D eigenvalue weighted by Gasteiger charge is 2.24. The van der Waals surface area contributed by atoms with Crippen molar-refractivity contribution in [2.45, 2.75) is 78.1 Å². The van der Waals surface area contributed by atoms with Gasteiger partial charge in [-0.3, -0.25) is 0 Å². The first-order valence-corrected chi connectivity index (χ1v) is 9.02. The summed E-state index contributed by atoms with van der Waals surface area (Å²) in [4.78, 5) is 11.0. The Morgan fingerprint density at radius 3 is 1.88 bits per heavy atom. The summed E-state index contributed by atoms with van der Waals surface area (Å²) >= 11 is 0. The van der Waals surface area contributed by atoms with Crippen molar-refractivity contribution in [2.24, 2.45) is 0 Å². The molecule has 136 valence electrons. The molecule has 1 aromatic carbocycles. The van der Waals surface area contributed by atoms with Gasteiger partial charge in [-0.2, -0.15) is 0 Å². The maximum atomic E-state index is 11.0. The van der Waals surface area contributed by atoms with Crippen molar-refractivity contribution >= 4 is 6.16 Å². The molecule has 0 aliphatic carbocycles. The zero-order chi connectivity index (χ0) is 18.4. The molecule has 0 saturated carbocycles. The predicted octanol–water partition coefficient (Wildman–Crippen LogP) is 5.78. The van der Waals surface area contributed by atoms with E-state index in [-0.39, 0.29) is 10.8 Å². The SMILES string of the molecule is CCC(C)(C)c1cc(CCCOC(=O)OC)cc(C(C)(C)CC)c1. The van der Waals surface area contributed by atoms with E-state index >= 15 is 0 Å². The van der Waals surface area contributed by atoms with Gasteiger partial charge >= 0.3 is 6.16 Å². The van der Waals surface area contributed by atoms with Gasteiger partial charge < -0.3 is 9.47 Å². The van der Waals surface area contributed by atoms with Gasteiger partial charge in [0.25, 0.3) is 0 Å². The normalized spacial score (nSPS) is 12.1. The molecule has 0 amide bonds. The molecule has 3 nitrogen and oxygen atoms in total. The van der Waals surface area contributed by atoms with Crippen LogP contribution in [0.2, 0.25) is 0 Å². The molecule has 0 fully saturated rings. The third kappa shape index (κ3) is 5.54. The first-order valence-electron chi connectivity index (χ1n) is 9.02. The summed E-state index contributed by atoms with van der Waals surface area (Å²) in [5, 5.41) is 0. The number of benzene rings is 1. The summed E-state index contributed by atoms with van der Waals surface area (Å²) in [5.74, 6) is 0. The van der Waals surface area contributed by atoms with Crippen LogP contribution in [0, 0.1) is 0 Å². The Bertz CT molecular complexity index is 510. The Morgan fingerprint density at radius 2 is 1.46 bits per heavy atom. The van der Waals surface area contributed by atoms with Crippen molar-refractivity contribution < 1.29 is 14.3 Å². The van der Waals surface area contributed by atoms with E-state index in [1.165, 1.54) is 23.8 Å². The maximum Gasteiger partial charge on any atom is 0.507 e. The lowest BCUT2D eigenvalue weighted by Gasteiger charge is -2.29. The van der Waals surface area contributed by atoms with Gasteiger partial charge in [0, 0.05) is 0 Å². The van der Waals surface area contributed by atoms with E-state index in [1.807, 2.05) is 0 Å². The van der Waals surface area contributed by atoms with Gasteiger partial charge in [-0.1, -0.05) is 59.7 Å². The van der Waals surface area contributed by atoms with E-state index in [1.54, 1.807) is 0 Å². The van der Waals surface area contributed by atoms with Gasteiger partial charge in [-0.25, -0.2) is 4.79 Å². The molecule has 0 spiro atoms. The number of hydrogen-bond donors (Lipinski definition) is 0. The number of rotatable bonds is 8. The van der Waals surface area contributed by atoms with Crippen LogP contribution in [-0.4, -0.2) is 19.9 Å². The molecule has 0 aromatic heterocycles. The maximum absolute atomic E-state index is 11.0. The van der Waals surface area contributed by atoms with Crippen LogP contribution in [0.3, 0.4) is 0 Å². The monoisotopic (exact) mass is 334 g/mol. The highest BCUT2D eigenvalue weighted by molar-refractivity contribution is 5.59. The summed E-state index contributed by atoms with van der Waals surface area (Å²) in [6, 6.07) is 7.01. The molecule has 0 atom stereocenters. The molecular formula is C21H34O3. The minimum Gasteiger partial charge on any atom is -0.438 e. The van der Waals surface area contributed by atoms with Crippen LogP contribution in [0.25, 0.3) is 0 Å². The fraction of sp³-hybridized carbons (Fsp3) is 0.667.